The van der Waals surface area contributed by atoms with Crippen molar-refractivity contribution in [3.05, 3.63) is 111 Å². The summed E-state index contributed by atoms with van der Waals surface area (Å²) in [7, 11) is -0.775. The molecule has 3 aromatic carbocycles. The number of methoxy groups -OCH3 is 1. The maximum absolute atomic E-state index is 13.2. The second-order valence-corrected chi connectivity index (χ2v) is 21.9. The summed E-state index contributed by atoms with van der Waals surface area (Å²) in [4.78, 5) is 68.2. The van der Waals surface area contributed by atoms with E-state index in [1.54, 1.807) is 31.5 Å². The molecular formula is C50H61ClN7O6P. The monoisotopic (exact) mass is 921 g/mol. The van der Waals surface area contributed by atoms with Crippen LogP contribution in [0.4, 0.5) is 5.69 Å². The SMILES string of the molecule is COc1cc(N2CCC(N3CCN(C(=O)CCCCCCc4ccc5c(c4)CN(C4CCC(=O)NC4=O)C5=O)CC3)CC2)ccc1Cc1ncc(Cl)c(Cc2ccccc2P(C)(C)=O)n1. The van der Waals surface area contributed by atoms with Gasteiger partial charge in [-0.2, -0.15) is 0 Å². The van der Waals surface area contributed by atoms with E-state index in [4.69, 9.17) is 21.3 Å². The van der Waals surface area contributed by atoms with Crippen molar-refractivity contribution in [1.82, 2.24) is 30.0 Å². The minimum absolute atomic E-state index is 0.143. The number of carbonyl (C=O) groups is 4. The van der Waals surface area contributed by atoms with E-state index in [2.05, 4.69) is 49.3 Å². The average Bonchev–Trinajstić information content (AvgIpc) is 3.63. The zero-order chi connectivity index (χ0) is 45.7. The quantitative estimate of drug-likeness (QED) is 0.0739. The van der Waals surface area contributed by atoms with Gasteiger partial charge in [-0.25, -0.2) is 9.97 Å². The molecule has 4 aliphatic rings. The number of aryl methyl sites for hydroxylation is 1. The fourth-order valence-electron chi connectivity index (χ4n) is 9.99. The molecule has 1 unspecified atom stereocenters. The maximum atomic E-state index is 13.2. The van der Waals surface area contributed by atoms with E-state index in [9.17, 15) is 23.7 Å². The highest BCUT2D eigenvalue weighted by Crippen LogP contribution is 2.37. The van der Waals surface area contributed by atoms with Crippen LogP contribution in [0.1, 0.15) is 102 Å². The molecule has 65 heavy (non-hydrogen) atoms. The number of nitrogens with zero attached hydrogens (tertiary/aromatic N) is 6. The van der Waals surface area contributed by atoms with Gasteiger partial charge in [-0.05, 0) is 80.7 Å². The zero-order valence-corrected chi connectivity index (χ0v) is 39.5. The summed E-state index contributed by atoms with van der Waals surface area (Å²) in [5.41, 5.74) is 6.56. The smallest absolute Gasteiger partial charge is 0.255 e. The molecule has 0 aliphatic carbocycles. The second kappa shape index (κ2) is 20.6. The molecule has 13 nitrogen and oxygen atoms in total. The fourth-order valence-corrected chi connectivity index (χ4v) is 11.4. The third-order valence-corrected chi connectivity index (χ3v) is 15.5. The van der Waals surface area contributed by atoms with Crippen molar-refractivity contribution in [3.8, 4) is 5.75 Å². The molecule has 0 bridgehead atoms. The lowest BCUT2D eigenvalue weighted by Gasteiger charge is -2.43. The van der Waals surface area contributed by atoms with Crippen LogP contribution in [0.5, 0.6) is 5.75 Å². The molecule has 8 rings (SSSR count). The lowest BCUT2D eigenvalue weighted by atomic mass is 10.0. The van der Waals surface area contributed by atoms with Crippen molar-refractivity contribution in [1.29, 1.82) is 0 Å². The first kappa shape index (κ1) is 46.4. The predicted molar refractivity (Wildman–Crippen MR) is 254 cm³/mol. The van der Waals surface area contributed by atoms with Gasteiger partial charge in [0.05, 0.1) is 17.8 Å². The predicted octanol–water partition coefficient (Wildman–Crippen LogP) is 6.64. The van der Waals surface area contributed by atoms with Gasteiger partial charge < -0.3 is 24.0 Å². The van der Waals surface area contributed by atoms with Gasteiger partial charge in [0, 0.05) is 112 Å². The summed E-state index contributed by atoms with van der Waals surface area (Å²) in [6.07, 6.45) is 10.8. The summed E-state index contributed by atoms with van der Waals surface area (Å²) < 4.78 is 18.9. The number of piperidine rings is 2. The number of nitrogens with one attached hydrogen (secondary N) is 1. The van der Waals surface area contributed by atoms with Gasteiger partial charge in [-0.1, -0.05) is 66.9 Å². The minimum atomic E-state index is -2.47. The van der Waals surface area contributed by atoms with E-state index in [0.29, 0.717) is 60.4 Å². The Balaban J connectivity index is 0.735. The van der Waals surface area contributed by atoms with Crippen LogP contribution in [0.15, 0.2) is 66.9 Å². The topological polar surface area (TPSA) is 145 Å². The molecule has 3 fully saturated rings. The number of ether oxygens (including phenoxy) is 1. The third-order valence-electron chi connectivity index (χ3n) is 13.6. The van der Waals surface area contributed by atoms with Crippen molar-refractivity contribution < 1.29 is 28.5 Å². The van der Waals surface area contributed by atoms with Crippen LogP contribution in [-0.4, -0.2) is 120 Å². The summed E-state index contributed by atoms with van der Waals surface area (Å²) in [5, 5.41) is 3.69. The van der Waals surface area contributed by atoms with Crippen molar-refractivity contribution in [2.75, 3.05) is 64.6 Å². The highest BCUT2D eigenvalue weighted by Gasteiger charge is 2.39. The van der Waals surface area contributed by atoms with Gasteiger partial charge in [0.15, 0.2) is 0 Å². The first-order valence-corrected chi connectivity index (χ1v) is 26.2. The van der Waals surface area contributed by atoms with Crippen LogP contribution in [-0.2, 0) is 44.8 Å². The Morgan fingerprint density at radius 3 is 2.40 bits per heavy atom. The normalized spacial score (nSPS) is 18.6. The number of benzene rings is 3. The van der Waals surface area contributed by atoms with E-state index in [-0.39, 0.29) is 30.0 Å². The summed E-state index contributed by atoms with van der Waals surface area (Å²) in [6, 6.07) is 20.0. The van der Waals surface area contributed by atoms with Crippen molar-refractivity contribution in [2.45, 2.75) is 95.7 Å². The van der Waals surface area contributed by atoms with Gasteiger partial charge in [-0.3, -0.25) is 29.4 Å². The van der Waals surface area contributed by atoms with Crippen molar-refractivity contribution >= 4 is 53.4 Å². The first-order chi connectivity index (χ1) is 31.3. The molecule has 3 saturated heterocycles. The van der Waals surface area contributed by atoms with Crippen molar-refractivity contribution in [3.63, 3.8) is 0 Å². The van der Waals surface area contributed by atoms with Gasteiger partial charge >= 0.3 is 0 Å². The molecular weight excluding hydrogens is 861 g/mol. The Hall–Kier alpha value is -5.10. The van der Waals surface area contributed by atoms with Crippen LogP contribution in [0.2, 0.25) is 5.02 Å². The lowest BCUT2D eigenvalue weighted by molar-refractivity contribution is -0.137. The minimum Gasteiger partial charge on any atom is -0.496 e. The van der Waals surface area contributed by atoms with Gasteiger partial charge in [0.2, 0.25) is 17.7 Å². The first-order valence-electron chi connectivity index (χ1n) is 23.2. The number of imide groups is 1. The number of amides is 4. The summed E-state index contributed by atoms with van der Waals surface area (Å²) in [6.45, 7) is 9.26. The number of unbranched alkanes of at least 4 members (excludes halogenated alkanes) is 3. The maximum Gasteiger partial charge on any atom is 0.255 e. The Morgan fingerprint density at radius 2 is 1.65 bits per heavy atom. The Labute approximate surface area is 387 Å². The number of halogens is 1. The molecule has 15 heteroatoms. The molecule has 1 atom stereocenters. The summed E-state index contributed by atoms with van der Waals surface area (Å²) >= 11 is 6.58. The average molecular weight is 923 g/mol. The standard InChI is InChI=1S/C50H61ClN7O6P/c1-64-44-31-39(16-15-35(44)30-46-52-32-41(51)42(53-46)29-36-11-8-9-12-45(36)65(2,3)63)55-22-20-38(21-23-55)56-24-26-57(27-25-56)48(60)13-7-5-4-6-10-34-14-17-40-37(28-34)33-58(50(40)62)43-18-19-47(59)54-49(43)61/h8-9,11-12,14-17,28,31-32,38,43H,4-7,10,13,18-27,29-30,33H2,1-3H3,(H,54,59,61). The molecule has 0 spiro atoms. The summed E-state index contributed by atoms with van der Waals surface area (Å²) in [5.74, 6) is 0.891. The fraction of sp³-hybridized carbons (Fsp3) is 0.480. The number of fused-ring (bicyclic) bond motifs is 1. The van der Waals surface area contributed by atoms with E-state index in [1.165, 1.54) is 5.56 Å². The van der Waals surface area contributed by atoms with E-state index in [0.717, 1.165) is 118 Å². The molecule has 4 amide bonds. The largest absolute Gasteiger partial charge is 0.496 e. The molecule has 4 aliphatic heterocycles. The number of aromatic nitrogens is 2. The van der Waals surface area contributed by atoms with Crippen LogP contribution < -0.4 is 20.3 Å². The van der Waals surface area contributed by atoms with E-state index in [1.807, 2.05) is 36.4 Å². The van der Waals surface area contributed by atoms with Crippen molar-refractivity contribution in [2.24, 2.45) is 0 Å². The van der Waals surface area contributed by atoms with Crippen LogP contribution in [0, 0.1) is 0 Å². The van der Waals surface area contributed by atoms with Gasteiger partial charge in [0.1, 0.15) is 24.8 Å². The number of rotatable bonds is 16. The molecule has 344 valence electrons. The number of carbonyl (C=O) groups excluding carboxylic acids is 4. The van der Waals surface area contributed by atoms with E-state index < -0.39 is 13.2 Å². The van der Waals surface area contributed by atoms with Gasteiger partial charge in [-0.15, -0.1) is 0 Å². The molecule has 1 N–H and O–H groups in total. The molecule has 5 heterocycles. The van der Waals surface area contributed by atoms with Gasteiger partial charge in [0.25, 0.3) is 5.91 Å². The number of piperazine rings is 1. The van der Waals surface area contributed by atoms with Crippen LogP contribution in [0.3, 0.4) is 0 Å². The highest BCUT2D eigenvalue weighted by molar-refractivity contribution is 7.70. The van der Waals surface area contributed by atoms with Crippen LogP contribution >= 0.6 is 18.7 Å². The Morgan fingerprint density at radius 1 is 0.877 bits per heavy atom. The van der Waals surface area contributed by atoms with E-state index >= 15 is 0 Å². The molecule has 4 aromatic rings. The number of hydrogen-bond donors (Lipinski definition) is 1. The molecule has 0 radical (unpaired) electrons. The Bertz CT molecular complexity index is 2460. The highest BCUT2D eigenvalue weighted by atomic mass is 35.5. The lowest BCUT2D eigenvalue weighted by Crippen LogP contribution is -2.54. The second-order valence-electron chi connectivity index (χ2n) is 18.4. The molecule has 1 aromatic heterocycles. The van der Waals surface area contributed by atoms with Crippen LogP contribution in [0.25, 0.3) is 0 Å². The number of anilines is 1. The third kappa shape index (κ3) is 11.1. The Kier molecular flexibility index (Phi) is 14.7. The molecule has 0 saturated carbocycles. The zero-order valence-electron chi connectivity index (χ0n) is 37.9. The number of hydrogen-bond acceptors (Lipinski definition) is 10.